The highest BCUT2D eigenvalue weighted by atomic mass is 16.1. The van der Waals surface area contributed by atoms with E-state index in [1.807, 2.05) is 31.2 Å². The molecule has 0 spiro atoms. The van der Waals surface area contributed by atoms with Crippen molar-refractivity contribution < 1.29 is 4.79 Å². The van der Waals surface area contributed by atoms with Crippen LogP contribution in [-0.4, -0.2) is 19.4 Å². The molecule has 0 aromatic heterocycles. The Labute approximate surface area is 91.9 Å². The van der Waals surface area contributed by atoms with E-state index in [0.717, 1.165) is 18.5 Å². The Hall–Kier alpha value is -1.31. The highest BCUT2D eigenvalue weighted by Gasteiger charge is 2.03. The third kappa shape index (κ3) is 3.08. The molecule has 0 bridgehead atoms. The summed E-state index contributed by atoms with van der Waals surface area (Å²) in [5.74, 6) is 0.208. The zero-order valence-electron chi connectivity index (χ0n) is 9.79. The average Bonchev–Trinajstić information content (AvgIpc) is 2.28. The fourth-order valence-corrected chi connectivity index (χ4v) is 1.57. The lowest BCUT2D eigenvalue weighted by Crippen LogP contribution is -2.17. The fraction of sp³-hybridized carbons (Fsp3) is 0.462. The van der Waals surface area contributed by atoms with Gasteiger partial charge in [-0.25, -0.2) is 0 Å². The van der Waals surface area contributed by atoms with Crippen LogP contribution in [0.5, 0.6) is 0 Å². The van der Waals surface area contributed by atoms with E-state index in [0.29, 0.717) is 6.42 Å². The Balaban J connectivity index is 2.76. The Morgan fingerprint density at radius 2 is 1.80 bits per heavy atom. The number of nitrogens with zero attached hydrogens (tertiary/aromatic N) is 1. The number of Topliss-reactive ketones (excluding diaryl/α,β-unsaturated/α-hetero) is 1. The second-order valence-corrected chi connectivity index (χ2v) is 3.75. The molecule has 0 aliphatic carbocycles. The van der Waals surface area contributed by atoms with Gasteiger partial charge >= 0.3 is 0 Å². The van der Waals surface area contributed by atoms with Crippen LogP contribution in [0.15, 0.2) is 24.3 Å². The van der Waals surface area contributed by atoms with Gasteiger partial charge in [-0.3, -0.25) is 4.79 Å². The highest BCUT2D eigenvalue weighted by Crippen LogP contribution is 2.14. The Morgan fingerprint density at radius 3 is 2.27 bits per heavy atom. The molecule has 0 aliphatic rings. The molecule has 0 atom stereocenters. The van der Waals surface area contributed by atoms with Gasteiger partial charge < -0.3 is 4.90 Å². The smallest absolute Gasteiger partial charge is 0.162 e. The third-order valence-corrected chi connectivity index (χ3v) is 2.51. The molecule has 1 aromatic carbocycles. The second kappa shape index (κ2) is 5.54. The zero-order chi connectivity index (χ0) is 11.3. The summed E-state index contributed by atoms with van der Waals surface area (Å²) in [7, 11) is 2.07. The molecule has 0 amide bonds. The summed E-state index contributed by atoms with van der Waals surface area (Å²) in [5, 5.41) is 0. The van der Waals surface area contributed by atoms with Crippen molar-refractivity contribution in [2.75, 3.05) is 18.5 Å². The minimum absolute atomic E-state index is 0.208. The van der Waals surface area contributed by atoms with E-state index < -0.39 is 0 Å². The molecule has 82 valence electrons. The van der Waals surface area contributed by atoms with E-state index in [1.54, 1.807) is 0 Å². The number of ketones is 1. The van der Waals surface area contributed by atoms with Crippen LogP contribution < -0.4 is 4.90 Å². The molecule has 0 saturated heterocycles. The number of hydrogen-bond acceptors (Lipinski definition) is 2. The molecule has 2 nitrogen and oxygen atoms in total. The lowest BCUT2D eigenvalue weighted by atomic mass is 10.1. The van der Waals surface area contributed by atoms with Crippen molar-refractivity contribution in [3.05, 3.63) is 29.8 Å². The number of carbonyl (C=O) groups excluding carboxylic acids is 1. The molecule has 0 heterocycles. The van der Waals surface area contributed by atoms with E-state index in [2.05, 4.69) is 18.9 Å². The molecular formula is C13H19NO. The van der Waals surface area contributed by atoms with E-state index in [4.69, 9.17) is 0 Å². The quantitative estimate of drug-likeness (QED) is 0.688. The summed E-state index contributed by atoms with van der Waals surface area (Å²) in [6.07, 6.45) is 1.70. The van der Waals surface area contributed by atoms with Gasteiger partial charge in [-0.15, -0.1) is 0 Å². The SMILES string of the molecule is CCCN(C)c1ccc(C(=O)CC)cc1. The number of anilines is 1. The highest BCUT2D eigenvalue weighted by molar-refractivity contribution is 5.96. The first-order chi connectivity index (χ1) is 7.19. The van der Waals surface area contributed by atoms with Crippen LogP contribution in [0.4, 0.5) is 5.69 Å². The van der Waals surface area contributed by atoms with Crippen molar-refractivity contribution in [3.63, 3.8) is 0 Å². The molecule has 15 heavy (non-hydrogen) atoms. The molecule has 2 heteroatoms. The van der Waals surface area contributed by atoms with Crippen LogP contribution in [0.2, 0.25) is 0 Å². The average molecular weight is 205 g/mol. The van der Waals surface area contributed by atoms with Crippen molar-refractivity contribution in [1.29, 1.82) is 0 Å². The van der Waals surface area contributed by atoms with Crippen molar-refractivity contribution in [1.82, 2.24) is 0 Å². The second-order valence-electron chi connectivity index (χ2n) is 3.75. The topological polar surface area (TPSA) is 20.3 Å². The third-order valence-electron chi connectivity index (χ3n) is 2.51. The standard InChI is InChI=1S/C13H19NO/c1-4-10-14(3)12-8-6-11(7-9-12)13(15)5-2/h6-9H,4-5,10H2,1-3H3. The summed E-state index contributed by atoms with van der Waals surface area (Å²) in [4.78, 5) is 13.6. The molecular weight excluding hydrogens is 186 g/mol. The summed E-state index contributed by atoms with van der Waals surface area (Å²) < 4.78 is 0. The molecule has 0 saturated carbocycles. The van der Waals surface area contributed by atoms with Gasteiger partial charge in [0.2, 0.25) is 0 Å². The summed E-state index contributed by atoms with van der Waals surface area (Å²) in [5.41, 5.74) is 1.98. The first-order valence-corrected chi connectivity index (χ1v) is 5.53. The monoisotopic (exact) mass is 205 g/mol. The van der Waals surface area contributed by atoms with Crippen LogP contribution in [0.25, 0.3) is 0 Å². The summed E-state index contributed by atoms with van der Waals surface area (Å²) in [6, 6.07) is 7.85. The van der Waals surface area contributed by atoms with Gasteiger partial charge in [0.15, 0.2) is 5.78 Å². The molecule has 0 N–H and O–H groups in total. The molecule has 0 fully saturated rings. The Morgan fingerprint density at radius 1 is 1.20 bits per heavy atom. The number of hydrogen-bond donors (Lipinski definition) is 0. The molecule has 0 aliphatic heterocycles. The van der Waals surface area contributed by atoms with Gasteiger partial charge in [-0.05, 0) is 30.7 Å². The largest absolute Gasteiger partial charge is 0.375 e. The first-order valence-electron chi connectivity index (χ1n) is 5.53. The first kappa shape index (κ1) is 11.8. The van der Waals surface area contributed by atoms with Crippen molar-refractivity contribution in [3.8, 4) is 0 Å². The van der Waals surface area contributed by atoms with E-state index in [-0.39, 0.29) is 5.78 Å². The van der Waals surface area contributed by atoms with E-state index >= 15 is 0 Å². The maximum atomic E-state index is 11.4. The van der Waals surface area contributed by atoms with Crippen LogP contribution in [0.3, 0.4) is 0 Å². The molecule has 1 aromatic rings. The number of benzene rings is 1. The van der Waals surface area contributed by atoms with Crippen molar-refractivity contribution in [2.24, 2.45) is 0 Å². The van der Waals surface area contributed by atoms with Gasteiger partial charge in [0.25, 0.3) is 0 Å². The molecule has 1 rings (SSSR count). The maximum Gasteiger partial charge on any atom is 0.162 e. The number of carbonyl (C=O) groups is 1. The Kier molecular flexibility index (Phi) is 4.35. The summed E-state index contributed by atoms with van der Waals surface area (Å²) in [6.45, 7) is 5.09. The van der Waals surface area contributed by atoms with E-state index in [9.17, 15) is 4.79 Å². The predicted octanol–water partition coefficient (Wildman–Crippen LogP) is 3.13. The number of rotatable bonds is 5. The van der Waals surface area contributed by atoms with Gasteiger partial charge in [0, 0.05) is 31.3 Å². The predicted molar refractivity (Wildman–Crippen MR) is 64.6 cm³/mol. The lowest BCUT2D eigenvalue weighted by molar-refractivity contribution is 0.0988. The van der Waals surface area contributed by atoms with Gasteiger partial charge in [0.1, 0.15) is 0 Å². The van der Waals surface area contributed by atoms with Gasteiger partial charge in [-0.1, -0.05) is 13.8 Å². The lowest BCUT2D eigenvalue weighted by Gasteiger charge is -2.18. The Bertz CT molecular complexity index is 316. The minimum atomic E-state index is 0.208. The zero-order valence-corrected chi connectivity index (χ0v) is 9.79. The van der Waals surface area contributed by atoms with Crippen molar-refractivity contribution >= 4 is 11.5 Å². The minimum Gasteiger partial charge on any atom is -0.375 e. The molecule has 0 radical (unpaired) electrons. The fourth-order valence-electron chi connectivity index (χ4n) is 1.57. The summed E-state index contributed by atoms with van der Waals surface area (Å²) >= 11 is 0. The van der Waals surface area contributed by atoms with Crippen molar-refractivity contribution in [2.45, 2.75) is 26.7 Å². The van der Waals surface area contributed by atoms with Crippen LogP contribution in [0, 0.1) is 0 Å². The normalized spacial score (nSPS) is 10.1. The van der Waals surface area contributed by atoms with Crippen LogP contribution in [0.1, 0.15) is 37.0 Å². The molecule has 0 unspecified atom stereocenters. The van der Waals surface area contributed by atoms with E-state index in [1.165, 1.54) is 5.69 Å². The van der Waals surface area contributed by atoms with Gasteiger partial charge in [0.05, 0.1) is 0 Å². The van der Waals surface area contributed by atoms with Crippen LogP contribution in [-0.2, 0) is 0 Å². The van der Waals surface area contributed by atoms with Gasteiger partial charge in [-0.2, -0.15) is 0 Å². The maximum absolute atomic E-state index is 11.4. The van der Waals surface area contributed by atoms with Crippen LogP contribution >= 0.6 is 0 Å².